The van der Waals surface area contributed by atoms with Crippen molar-refractivity contribution in [3.05, 3.63) is 88.9 Å². The van der Waals surface area contributed by atoms with Crippen molar-refractivity contribution < 1.29 is 4.79 Å². The molecule has 1 amide bonds. The van der Waals surface area contributed by atoms with E-state index in [0.29, 0.717) is 27.8 Å². The van der Waals surface area contributed by atoms with Gasteiger partial charge in [-0.15, -0.1) is 5.10 Å². The summed E-state index contributed by atoms with van der Waals surface area (Å²) in [4.78, 5) is 12.9. The number of anilines is 2. The summed E-state index contributed by atoms with van der Waals surface area (Å²) in [5.41, 5.74) is 5.37. The zero-order valence-electron chi connectivity index (χ0n) is 15.6. The van der Waals surface area contributed by atoms with Crippen LogP contribution in [0.5, 0.6) is 0 Å². The average Bonchev–Trinajstić information content (AvgIpc) is 3.41. The Labute approximate surface area is 176 Å². The molecule has 3 aromatic carbocycles. The van der Waals surface area contributed by atoms with Gasteiger partial charge < -0.3 is 10.6 Å². The van der Waals surface area contributed by atoms with E-state index in [1.165, 1.54) is 0 Å². The van der Waals surface area contributed by atoms with Crippen molar-refractivity contribution in [2.45, 2.75) is 0 Å². The minimum absolute atomic E-state index is 0.178. The summed E-state index contributed by atoms with van der Waals surface area (Å²) in [5.74, 6) is 0.409. The predicted molar refractivity (Wildman–Crippen MR) is 117 cm³/mol. The Morgan fingerprint density at radius 3 is 2.50 bits per heavy atom. The first kappa shape index (κ1) is 18.1. The summed E-state index contributed by atoms with van der Waals surface area (Å²) < 4.78 is 0. The van der Waals surface area contributed by atoms with Crippen molar-refractivity contribution in [3.8, 4) is 11.4 Å². The third-order valence-corrected chi connectivity index (χ3v) is 5.05. The van der Waals surface area contributed by atoms with Crippen LogP contribution in [-0.4, -0.2) is 26.5 Å². The molecule has 3 N–H and O–H groups in total. The number of carbonyl (C=O) groups is 1. The minimum atomic E-state index is -0.178. The standard InChI is InChI=1S/C22H15ClN6O/c23-15-8-11-17-18(12-15)25-22(30)19(17)20(13-4-2-1-3-5-13)24-16-9-6-14(7-10-16)21-26-28-29-27-21/h1-12,24H,(H,25,30)(H,26,27,28,29)/b20-19-. The molecule has 0 spiro atoms. The number of H-pyrrole nitrogens is 1. The van der Waals surface area contributed by atoms with Crippen LogP contribution in [0.4, 0.5) is 11.4 Å². The van der Waals surface area contributed by atoms with Crippen molar-refractivity contribution >= 4 is 40.2 Å². The van der Waals surface area contributed by atoms with E-state index in [-0.39, 0.29) is 5.91 Å². The molecule has 4 aromatic rings. The molecule has 0 saturated carbocycles. The summed E-state index contributed by atoms with van der Waals surface area (Å²) in [6.07, 6.45) is 0. The van der Waals surface area contributed by atoms with E-state index in [2.05, 4.69) is 31.3 Å². The van der Waals surface area contributed by atoms with Crippen LogP contribution in [0.15, 0.2) is 72.8 Å². The fourth-order valence-corrected chi connectivity index (χ4v) is 3.59. The number of benzene rings is 3. The number of hydrogen-bond donors (Lipinski definition) is 3. The van der Waals surface area contributed by atoms with Gasteiger partial charge in [0.2, 0.25) is 0 Å². The Bertz CT molecular complexity index is 1250. The number of nitrogens with one attached hydrogen (secondary N) is 3. The normalized spacial score (nSPS) is 14.2. The van der Waals surface area contributed by atoms with E-state index in [1.54, 1.807) is 12.1 Å². The zero-order chi connectivity index (χ0) is 20.5. The van der Waals surface area contributed by atoms with E-state index in [1.807, 2.05) is 60.7 Å². The summed E-state index contributed by atoms with van der Waals surface area (Å²) in [6.45, 7) is 0. The maximum absolute atomic E-state index is 12.9. The van der Waals surface area contributed by atoms with Crippen LogP contribution < -0.4 is 10.6 Å². The van der Waals surface area contributed by atoms with Crippen LogP contribution in [0.2, 0.25) is 5.02 Å². The van der Waals surface area contributed by atoms with Gasteiger partial charge in [-0.3, -0.25) is 4.79 Å². The van der Waals surface area contributed by atoms with E-state index in [0.717, 1.165) is 22.4 Å². The number of rotatable bonds is 4. The van der Waals surface area contributed by atoms with Crippen molar-refractivity contribution in [1.82, 2.24) is 20.6 Å². The molecule has 0 radical (unpaired) electrons. The van der Waals surface area contributed by atoms with Gasteiger partial charge in [0.25, 0.3) is 5.91 Å². The Balaban J connectivity index is 1.59. The van der Waals surface area contributed by atoms with Gasteiger partial charge in [-0.2, -0.15) is 0 Å². The number of carbonyl (C=O) groups excluding carboxylic acids is 1. The molecule has 0 unspecified atom stereocenters. The van der Waals surface area contributed by atoms with Gasteiger partial charge >= 0.3 is 0 Å². The van der Waals surface area contributed by atoms with E-state index >= 15 is 0 Å². The summed E-state index contributed by atoms with van der Waals surface area (Å²) >= 11 is 6.10. The highest BCUT2D eigenvalue weighted by Gasteiger charge is 2.28. The molecule has 146 valence electrons. The fourth-order valence-electron chi connectivity index (χ4n) is 3.41. The van der Waals surface area contributed by atoms with Crippen molar-refractivity contribution in [2.24, 2.45) is 0 Å². The van der Waals surface area contributed by atoms with Gasteiger partial charge in [0.1, 0.15) is 0 Å². The molecule has 1 aromatic heterocycles. The first-order valence-electron chi connectivity index (χ1n) is 9.21. The molecule has 0 aliphatic carbocycles. The molecule has 1 aliphatic heterocycles. The zero-order valence-corrected chi connectivity index (χ0v) is 16.3. The second-order valence-electron chi connectivity index (χ2n) is 6.71. The Hall–Kier alpha value is -3.97. The van der Waals surface area contributed by atoms with Gasteiger partial charge in [-0.05, 0) is 52.4 Å². The topological polar surface area (TPSA) is 95.6 Å². The molecule has 0 bridgehead atoms. The van der Waals surface area contributed by atoms with E-state index < -0.39 is 0 Å². The van der Waals surface area contributed by atoms with Crippen LogP contribution in [0, 0.1) is 0 Å². The lowest BCUT2D eigenvalue weighted by atomic mass is 10.00. The molecule has 7 nitrogen and oxygen atoms in total. The minimum Gasteiger partial charge on any atom is -0.354 e. The lowest BCUT2D eigenvalue weighted by Gasteiger charge is -2.15. The molecular formula is C22H15ClN6O. The first-order valence-corrected chi connectivity index (χ1v) is 9.59. The number of halogens is 1. The molecule has 1 aliphatic rings. The van der Waals surface area contributed by atoms with E-state index in [4.69, 9.17) is 11.6 Å². The summed E-state index contributed by atoms with van der Waals surface area (Å²) in [5, 5.41) is 20.8. The molecular weight excluding hydrogens is 400 g/mol. The highest BCUT2D eigenvalue weighted by Crippen LogP contribution is 2.38. The average molecular weight is 415 g/mol. The second-order valence-corrected chi connectivity index (χ2v) is 7.15. The number of tetrazole rings is 1. The largest absolute Gasteiger partial charge is 0.354 e. The third kappa shape index (κ3) is 3.31. The molecule has 5 rings (SSSR count). The fraction of sp³-hybridized carbons (Fsp3) is 0. The second kappa shape index (κ2) is 7.46. The molecule has 30 heavy (non-hydrogen) atoms. The van der Waals surface area contributed by atoms with Gasteiger partial charge in [0, 0.05) is 21.8 Å². The summed E-state index contributed by atoms with van der Waals surface area (Å²) in [7, 11) is 0. The third-order valence-electron chi connectivity index (χ3n) is 4.81. The highest BCUT2D eigenvalue weighted by molar-refractivity contribution is 6.38. The molecule has 2 heterocycles. The van der Waals surface area contributed by atoms with Gasteiger partial charge in [-0.25, -0.2) is 5.10 Å². The maximum atomic E-state index is 12.9. The molecule has 0 fully saturated rings. The van der Waals surface area contributed by atoms with E-state index in [9.17, 15) is 4.79 Å². The first-order chi connectivity index (χ1) is 14.7. The quantitative estimate of drug-likeness (QED) is 0.429. The monoisotopic (exact) mass is 414 g/mol. The summed E-state index contributed by atoms with van der Waals surface area (Å²) in [6, 6.07) is 22.8. The number of amides is 1. The number of hydrogen-bond acceptors (Lipinski definition) is 5. The smallest absolute Gasteiger partial charge is 0.258 e. The van der Waals surface area contributed by atoms with Gasteiger partial charge in [0.15, 0.2) is 5.82 Å². The highest BCUT2D eigenvalue weighted by atomic mass is 35.5. The van der Waals surface area contributed by atoms with Crippen LogP contribution in [-0.2, 0) is 4.79 Å². The lowest BCUT2D eigenvalue weighted by molar-refractivity contribution is -0.110. The Kier molecular flexibility index (Phi) is 4.49. The maximum Gasteiger partial charge on any atom is 0.258 e. The predicted octanol–water partition coefficient (Wildman–Crippen LogP) is 4.45. The molecule has 0 saturated heterocycles. The number of aromatic nitrogens is 4. The SMILES string of the molecule is O=C1Nc2cc(Cl)ccc2/C1=C(/Nc1ccc(-c2nnn[nH]2)cc1)c1ccccc1. The Morgan fingerprint density at radius 2 is 1.77 bits per heavy atom. The molecule has 0 atom stereocenters. The van der Waals surface area contributed by atoms with Gasteiger partial charge in [0.05, 0.1) is 17.0 Å². The Morgan fingerprint density at radius 1 is 0.967 bits per heavy atom. The number of fused-ring (bicyclic) bond motifs is 1. The molecule has 8 heteroatoms. The number of aromatic amines is 1. The number of nitrogens with zero attached hydrogens (tertiary/aromatic N) is 3. The van der Waals surface area contributed by atoms with Crippen molar-refractivity contribution in [3.63, 3.8) is 0 Å². The lowest BCUT2D eigenvalue weighted by Crippen LogP contribution is -2.10. The van der Waals surface area contributed by atoms with Crippen LogP contribution in [0.1, 0.15) is 11.1 Å². The van der Waals surface area contributed by atoms with Crippen LogP contribution >= 0.6 is 11.6 Å². The van der Waals surface area contributed by atoms with Crippen molar-refractivity contribution in [2.75, 3.05) is 10.6 Å². The van der Waals surface area contributed by atoms with Crippen molar-refractivity contribution in [1.29, 1.82) is 0 Å². The van der Waals surface area contributed by atoms with Crippen LogP contribution in [0.25, 0.3) is 22.7 Å². The van der Waals surface area contributed by atoms with Crippen LogP contribution in [0.3, 0.4) is 0 Å². The van der Waals surface area contributed by atoms with Gasteiger partial charge in [-0.1, -0.05) is 48.0 Å².